The Morgan fingerprint density at radius 1 is 1.50 bits per heavy atom. The van der Waals surface area contributed by atoms with Gasteiger partial charge in [-0.1, -0.05) is 12.1 Å². The molecule has 0 bridgehead atoms. The zero-order chi connectivity index (χ0) is 12.0. The Morgan fingerprint density at radius 3 is 2.88 bits per heavy atom. The lowest BCUT2D eigenvalue weighted by Gasteiger charge is -2.10. The van der Waals surface area contributed by atoms with Crippen molar-refractivity contribution < 1.29 is 14.3 Å². The fourth-order valence-electron chi connectivity index (χ4n) is 1.16. The smallest absolute Gasteiger partial charge is 0.323 e. The van der Waals surface area contributed by atoms with E-state index >= 15 is 0 Å². The maximum absolute atomic E-state index is 11.4. The predicted molar refractivity (Wildman–Crippen MR) is 61.3 cm³/mol. The lowest BCUT2D eigenvalue weighted by atomic mass is 10.2. The Hall–Kier alpha value is -1.55. The third-order valence-electron chi connectivity index (χ3n) is 2.30. The molecule has 1 aromatic rings. The van der Waals surface area contributed by atoms with Crippen LogP contribution in [0.3, 0.4) is 0 Å². The molecule has 0 heterocycles. The number of hydrogen-bond donors (Lipinski definition) is 1. The Kier molecular flexibility index (Phi) is 4.79. The van der Waals surface area contributed by atoms with Crippen molar-refractivity contribution in [3.8, 4) is 5.75 Å². The minimum atomic E-state index is -0.286. The van der Waals surface area contributed by atoms with Crippen LogP contribution in [0.4, 0.5) is 0 Å². The van der Waals surface area contributed by atoms with Crippen molar-refractivity contribution in [2.24, 2.45) is 0 Å². The molecular formula is C12H17NO3. The van der Waals surface area contributed by atoms with Crippen LogP contribution in [0.1, 0.15) is 12.5 Å². The Bertz CT molecular complexity index is 352. The average molecular weight is 223 g/mol. The van der Waals surface area contributed by atoms with Gasteiger partial charge in [-0.25, -0.2) is 0 Å². The molecule has 0 aromatic heterocycles. The summed E-state index contributed by atoms with van der Waals surface area (Å²) in [4.78, 5) is 11.4. The Balaban J connectivity index is 2.51. The molecule has 0 fully saturated rings. The van der Waals surface area contributed by atoms with E-state index in [-0.39, 0.29) is 18.6 Å². The van der Waals surface area contributed by atoms with E-state index in [1.165, 1.54) is 0 Å². The van der Waals surface area contributed by atoms with Crippen molar-refractivity contribution in [1.29, 1.82) is 0 Å². The summed E-state index contributed by atoms with van der Waals surface area (Å²) in [5.41, 5.74) is 0.913. The van der Waals surface area contributed by atoms with Crippen LogP contribution in [0.2, 0.25) is 0 Å². The number of nitrogens with one attached hydrogen (secondary N) is 1. The molecule has 88 valence electrons. The predicted octanol–water partition coefficient (Wildman–Crippen LogP) is 1.35. The first-order valence-electron chi connectivity index (χ1n) is 5.14. The lowest BCUT2D eigenvalue weighted by molar-refractivity contribution is -0.146. The highest BCUT2D eigenvalue weighted by molar-refractivity contribution is 5.75. The summed E-state index contributed by atoms with van der Waals surface area (Å²) in [7, 11) is 3.33. The minimum Gasteiger partial charge on any atom is -0.497 e. The maximum atomic E-state index is 11.4. The molecule has 4 nitrogen and oxygen atoms in total. The van der Waals surface area contributed by atoms with Crippen LogP contribution in [0, 0.1) is 0 Å². The van der Waals surface area contributed by atoms with Gasteiger partial charge in [0, 0.05) is 0 Å². The Labute approximate surface area is 95.6 Å². The zero-order valence-electron chi connectivity index (χ0n) is 9.82. The summed E-state index contributed by atoms with van der Waals surface area (Å²) in [5.74, 6) is 0.500. The van der Waals surface area contributed by atoms with Gasteiger partial charge in [0.2, 0.25) is 0 Å². The van der Waals surface area contributed by atoms with Crippen molar-refractivity contribution in [3.05, 3.63) is 29.8 Å². The van der Waals surface area contributed by atoms with Crippen LogP contribution in [-0.2, 0) is 16.1 Å². The molecule has 0 aliphatic rings. The van der Waals surface area contributed by atoms with Crippen LogP contribution in [0.5, 0.6) is 5.75 Å². The molecule has 4 heteroatoms. The van der Waals surface area contributed by atoms with Gasteiger partial charge in [-0.2, -0.15) is 0 Å². The second-order valence-electron chi connectivity index (χ2n) is 3.47. The monoisotopic (exact) mass is 223 g/mol. The van der Waals surface area contributed by atoms with Crippen molar-refractivity contribution in [2.45, 2.75) is 19.6 Å². The molecule has 0 aliphatic heterocycles. The van der Waals surface area contributed by atoms with E-state index in [1.807, 2.05) is 24.3 Å². The van der Waals surface area contributed by atoms with Gasteiger partial charge in [-0.3, -0.25) is 4.79 Å². The SMILES string of the molecule is CNC(C)C(=O)OCc1cccc(OC)c1. The number of ether oxygens (including phenoxy) is 2. The highest BCUT2D eigenvalue weighted by atomic mass is 16.5. The van der Waals surface area contributed by atoms with Gasteiger partial charge in [0.1, 0.15) is 18.4 Å². The summed E-state index contributed by atoms with van der Waals surface area (Å²) < 4.78 is 10.2. The van der Waals surface area contributed by atoms with E-state index < -0.39 is 0 Å². The zero-order valence-corrected chi connectivity index (χ0v) is 9.82. The van der Waals surface area contributed by atoms with Gasteiger partial charge in [-0.15, -0.1) is 0 Å². The number of rotatable bonds is 5. The van der Waals surface area contributed by atoms with Crippen LogP contribution >= 0.6 is 0 Å². The third kappa shape index (κ3) is 3.55. The molecule has 0 aliphatic carbocycles. The molecule has 0 saturated carbocycles. The molecule has 16 heavy (non-hydrogen) atoms. The quantitative estimate of drug-likeness (QED) is 0.765. The van der Waals surface area contributed by atoms with Gasteiger partial charge >= 0.3 is 5.97 Å². The van der Waals surface area contributed by atoms with Crippen LogP contribution in [-0.4, -0.2) is 26.2 Å². The molecule has 0 radical (unpaired) electrons. The van der Waals surface area contributed by atoms with E-state index in [1.54, 1.807) is 21.1 Å². The van der Waals surface area contributed by atoms with E-state index in [2.05, 4.69) is 5.32 Å². The third-order valence-corrected chi connectivity index (χ3v) is 2.30. The highest BCUT2D eigenvalue weighted by Crippen LogP contribution is 2.13. The molecule has 1 rings (SSSR count). The molecule has 0 spiro atoms. The number of esters is 1. The number of likely N-dealkylation sites (N-methyl/N-ethyl adjacent to an activating group) is 1. The van der Waals surface area contributed by atoms with Crippen molar-refractivity contribution in [1.82, 2.24) is 5.32 Å². The standard InChI is InChI=1S/C12H17NO3/c1-9(13-2)12(14)16-8-10-5-4-6-11(7-10)15-3/h4-7,9,13H,8H2,1-3H3. The Morgan fingerprint density at radius 2 is 2.25 bits per heavy atom. The fraction of sp³-hybridized carbons (Fsp3) is 0.417. The van der Waals surface area contributed by atoms with Crippen LogP contribution < -0.4 is 10.1 Å². The van der Waals surface area contributed by atoms with Gasteiger partial charge in [0.25, 0.3) is 0 Å². The molecular weight excluding hydrogens is 206 g/mol. The van der Waals surface area contributed by atoms with Crippen LogP contribution in [0.25, 0.3) is 0 Å². The van der Waals surface area contributed by atoms with E-state index in [9.17, 15) is 4.79 Å². The van der Waals surface area contributed by atoms with Crippen molar-refractivity contribution in [2.75, 3.05) is 14.2 Å². The van der Waals surface area contributed by atoms with Gasteiger partial charge in [-0.05, 0) is 31.7 Å². The minimum absolute atomic E-state index is 0.259. The second kappa shape index (κ2) is 6.12. The molecule has 0 amide bonds. The number of hydrogen-bond acceptors (Lipinski definition) is 4. The normalized spacial score (nSPS) is 11.9. The fourth-order valence-corrected chi connectivity index (χ4v) is 1.16. The summed E-state index contributed by atoms with van der Waals surface area (Å²) in [6, 6.07) is 7.16. The lowest BCUT2D eigenvalue weighted by Crippen LogP contribution is -2.32. The first-order chi connectivity index (χ1) is 7.67. The number of carbonyl (C=O) groups excluding carboxylic acids is 1. The molecule has 0 saturated heterocycles. The first-order valence-corrected chi connectivity index (χ1v) is 5.14. The van der Waals surface area contributed by atoms with Crippen LogP contribution in [0.15, 0.2) is 24.3 Å². The molecule has 1 unspecified atom stereocenters. The van der Waals surface area contributed by atoms with Gasteiger partial charge < -0.3 is 14.8 Å². The highest BCUT2D eigenvalue weighted by Gasteiger charge is 2.11. The van der Waals surface area contributed by atoms with Gasteiger partial charge in [0.15, 0.2) is 0 Å². The first kappa shape index (κ1) is 12.5. The number of benzene rings is 1. The van der Waals surface area contributed by atoms with Gasteiger partial charge in [0.05, 0.1) is 7.11 Å². The molecule has 1 atom stereocenters. The van der Waals surface area contributed by atoms with E-state index in [4.69, 9.17) is 9.47 Å². The summed E-state index contributed by atoms with van der Waals surface area (Å²) in [6.45, 7) is 2.02. The molecule has 1 aromatic carbocycles. The van der Waals surface area contributed by atoms with Crippen molar-refractivity contribution in [3.63, 3.8) is 0 Å². The topological polar surface area (TPSA) is 47.6 Å². The van der Waals surface area contributed by atoms with Crippen molar-refractivity contribution >= 4 is 5.97 Å². The summed E-state index contributed by atoms with van der Waals surface area (Å²) in [6.07, 6.45) is 0. The maximum Gasteiger partial charge on any atom is 0.323 e. The van der Waals surface area contributed by atoms with E-state index in [0.717, 1.165) is 11.3 Å². The largest absolute Gasteiger partial charge is 0.497 e. The molecule has 1 N–H and O–H groups in total. The average Bonchev–Trinajstić information content (AvgIpc) is 2.35. The van der Waals surface area contributed by atoms with E-state index in [0.29, 0.717) is 0 Å². The summed E-state index contributed by atoms with van der Waals surface area (Å²) >= 11 is 0. The number of methoxy groups -OCH3 is 1. The summed E-state index contributed by atoms with van der Waals surface area (Å²) in [5, 5.41) is 2.82. The second-order valence-corrected chi connectivity index (χ2v) is 3.47. The number of carbonyl (C=O) groups is 1.